The molecule has 0 aromatic carbocycles. The summed E-state index contributed by atoms with van der Waals surface area (Å²) in [6.45, 7) is -0.166. The number of carbonyl (C=O) groups excluding carboxylic acids is 2. The highest BCUT2D eigenvalue weighted by Crippen LogP contribution is 2.07. The van der Waals surface area contributed by atoms with Crippen molar-refractivity contribution in [1.29, 1.82) is 0 Å². The fourth-order valence-corrected chi connectivity index (χ4v) is 1.38. The normalized spacial score (nSPS) is 17.9. The second-order valence-corrected chi connectivity index (χ2v) is 4.84. The molecule has 0 saturated heterocycles. The number of rotatable bonds is 7. The van der Waals surface area contributed by atoms with Gasteiger partial charge in [0, 0.05) is 6.92 Å². The number of hydrogen-bond donors (Lipinski definition) is 6. The molecule has 0 aliphatic heterocycles. The molecule has 0 aliphatic carbocycles. The van der Waals surface area contributed by atoms with Gasteiger partial charge in [-0.15, -0.1) is 0 Å². The van der Waals surface area contributed by atoms with E-state index in [2.05, 4.69) is 4.18 Å². The van der Waals surface area contributed by atoms with E-state index in [9.17, 15) is 38.4 Å². The maximum atomic E-state index is 11.1. The van der Waals surface area contributed by atoms with E-state index in [4.69, 9.17) is 4.55 Å². The molecule has 6 N–H and O–H groups in total. The Kier molecular flexibility index (Phi) is 7.15. The lowest BCUT2D eigenvalue weighted by atomic mass is 10.0. The molecule has 0 saturated carbocycles. The predicted octanol–water partition coefficient (Wildman–Crippen LogP) is -4.09. The first-order valence-corrected chi connectivity index (χ1v) is 6.47. The molecule has 4 atom stereocenters. The lowest BCUT2D eigenvalue weighted by molar-refractivity contribution is -0.150. The van der Waals surface area contributed by atoms with Gasteiger partial charge in [-0.3, -0.25) is 19.5 Å². The Morgan fingerprint density at radius 3 is 2.05 bits per heavy atom. The van der Waals surface area contributed by atoms with Crippen molar-refractivity contribution in [3.05, 3.63) is 0 Å². The maximum Gasteiger partial charge on any atom is 0.397 e. The fourth-order valence-electron chi connectivity index (χ4n) is 1.07. The maximum absolute atomic E-state index is 11.1. The van der Waals surface area contributed by atoms with E-state index in [0.29, 0.717) is 0 Å². The summed E-state index contributed by atoms with van der Waals surface area (Å²) < 4.78 is 32.4. The summed E-state index contributed by atoms with van der Waals surface area (Å²) in [5, 5.41) is 38.9. The summed E-state index contributed by atoms with van der Waals surface area (Å²) in [5.74, 6) is -2.15. The van der Waals surface area contributed by atoms with Crippen LogP contribution in [0.15, 0.2) is 0 Å². The minimum Gasteiger partial charge on any atom is -0.388 e. The Balaban J connectivity index is 4.55. The van der Waals surface area contributed by atoms with Gasteiger partial charge in [0.2, 0.25) is 5.91 Å². The number of nitrogens with one attached hydrogen (secondary N) is 1. The number of aliphatic hydroxyl groups is 4. The summed E-state index contributed by atoms with van der Waals surface area (Å²) >= 11 is 0. The van der Waals surface area contributed by atoms with Crippen LogP contribution in [-0.4, -0.2) is 76.2 Å². The standard InChI is InChI=1S/C8H15NO10S/c1-3(10)9-8(15)7(14)6(13)5(12)4(11)2-19-20(16,17)18/h4-7,11-14H,2H2,1H3,(H,9,10,15)(H,16,17,18)/t4-,5-,6+,7-/m1/s1. The van der Waals surface area contributed by atoms with Gasteiger partial charge in [0.1, 0.15) is 18.3 Å². The molecule has 0 radical (unpaired) electrons. The number of imide groups is 1. The molecular formula is C8H15NO10S. The molecule has 0 aromatic rings. The van der Waals surface area contributed by atoms with Crippen LogP contribution in [-0.2, 0) is 24.2 Å². The van der Waals surface area contributed by atoms with Crippen molar-refractivity contribution in [2.24, 2.45) is 0 Å². The average molecular weight is 317 g/mol. The van der Waals surface area contributed by atoms with Crippen molar-refractivity contribution in [1.82, 2.24) is 5.32 Å². The van der Waals surface area contributed by atoms with Crippen molar-refractivity contribution in [3.8, 4) is 0 Å². The first-order chi connectivity index (χ1) is 8.95. The second kappa shape index (κ2) is 7.58. The summed E-state index contributed by atoms with van der Waals surface area (Å²) in [6, 6.07) is 0. The second-order valence-electron chi connectivity index (χ2n) is 3.75. The van der Waals surface area contributed by atoms with E-state index in [1.165, 1.54) is 0 Å². The molecule has 0 rings (SSSR count). The van der Waals surface area contributed by atoms with Crippen molar-refractivity contribution in [3.63, 3.8) is 0 Å². The molecular weight excluding hydrogens is 302 g/mol. The monoisotopic (exact) mass is 317 g/mol. The molecule has 0 aromatic heterocycles. The largest absolute Gasteiger partial charge is 0.397 e. The van der Waals surface area contributed by atoms with E-state index < -0.39 is 53.2 Å². The van der Waals surface area contributed by atoms with Crippen LogP contribution in [0.3, 0.4) is 0 Å². The van der Waals surface area contributed by atoms with E-state index in [0.717, 1.165) is 6.92 Å². The van der Waals surface area contributed by atoms with Gasteiger partial charge in [0.15, 0.2) is 6.10 Å². The summed E-state index contributed by atoms with van der Waals surface area (Å²) in [7, 11) is -4.87. The molecule has 0 heterocycles. The molecule has 0 unspecified atom stereocenters. The number of amides is 2. The Morgan fingerprint density at radius 1 is 1.15 bits per heavy atom. The van der Waals surface area contributed by atoms with Crippen molar-refractivity contribution in [2.75, 3.05) is 6.61 Å². The van der Waals surface area contributed by atoms with Crippen molar-refractivity contribution >= 4 is 22.2 Å². The highest BCUT2D eigenvalue weighted by Gasteiger charge is 2.35. The minimum atomic E-state index is -4.87. The third-order valence-electron chi connectivity index (χ3n) is 2.02. The summed E-state index contributed by atoms with van der Waals surface area (Å²) in [5.41, 5.74) is 0. The first kappa shape index (κ1) is 18.9. The molecule has 0 bridgehead atoms. The van der Waals surface area contributed by atoms with Gasteiger partial charge in [0.25, 0.3) is 5.91 Å². The topological polar surface area (TPSA) is 191 Å². The molecule has 0 fully saturated rings. The highest BCUT2D eigenvalue weighted by atomic mass is 32.3. The van der Waals surface area contributed by atoms with Crippen molar-refractivity contribution in [2.45, 2.75) is 31.3 Å². The van der Waals surface area contributed by atoms with Gasteiger partial charge >= 0.3 is 10.4 Å². The van der Waals surface area contributed by atoms with Crippen molar-refractivity contribution < 1.29 is 47.2 Å². The molecule has 20 heavy (non-hydrogen) atoms. The van der Waals surface area contributed by atoms with Gasteiger partial charge in [-0.1, -0.05) is 0 Å². The zero-order valence-electron chi connectivity index (χ0n) is 10.2. The molecule has 0 aliphatic rings. The lowest BCUT2D eigenvalue weighted by Crippen LogP contribution is -2.52. The first-order valence-electron chi connectivity index (χ1n) is 5.11. The van der Waals surface area contributed by atoms with Crippen LogP contribution in [0, 0.1) is 0 Å². The van der Waals surface area contributed by atoms with Crippen LogP contribution >= 0.6 is 0 Å². The highest BCUT2D eigenvalue weighted by molar-refractivity contribution is 7.80. The lowest BCUT2D eigenvalue weighted by Gasteiger charge is -2.25. The fraction of sp³-hybridized carbons (Fsp3) is 0.750. The van der Waals surface area contributed by atoms with E-state index in [1.54, 1.807) is 5.32 Å². The van der Waals surface area contributed by atoms with E-state index in [-0.39, 0.29) is 0 Å². The zero-order valence-corrected chi connectivity index (χ0v) is 11.0. The number of hydrogen-bond acceptors (Lipinski definition) is 9. The zero-order chi connectivity index (χ0) is 16.1. The van der Waals surface area contributed by atoms with Gasteiger partial charge in [0.05, 0.1) is 6.61 Å². The van der Waals surface area contributed by atoms with Crippen LogP contribution in [0.1, 0.15) is 6.92 Å². The third kappa shape index (κ3) is 6.85. The summed E-state index contributed by atoms with van der Waals surface area (Å²) in [6.07, 6.45) is -8.69. The number of aliphatic hydroxyl groups excluding tert-OH is 4. The molecule has 11 nitrogen and oxygen atoms in total. The minimum absolute atomic E-state index is 0.828. The average Bonchev–Trinajstić information content (AvgIpc) is 2.31. The molecule has 12 heteroatoms. The predicted molar refractivity (Wildman–Crippen MR) is 60.4 cm³/mol. The van der Waals surface area contributed by atoms with Gasteiger partial charge in [-0.2, -0.15) is 8.42 Å². The van der Waals surface area contributed by atoms with Gasteiger partial charge in [-0.05, 0) is 0 Å². The Hall–Kier alpha value is -1.15. The Bertz CT molecular complexity index is 448. The SMILES string of the molecule is CC(=O)NC(=O)[C@H](O)[C@@H](O)[C@H](O)[C@H](O)COS(=O)(=O)O. The smallest absolute Gasteiger partial charge is 0.388 e. The molecule has 2 amide bonds. The Labute approximate surface area is 113 Å². The van der Waals surface area contributed by atoms with Crippen LogP contribution in [0.4, 0.5) is 0 Å². The quantitative estimate of drug-likeness (QED) is 0.252. The Morgan fingerprint density at radius 2 is 1.65 bits per heavy atom. The third-order valence-corrected chi connectivity index (χ3v) is 2.46. The van der Waals surface area contributed by atoms with E-state index >= 15 is 0 Å². The summed E-state index contributed by atoms with van der Waals surface area (Å²) in [4.78, 5) is 21.7. The van der Waals surface area contributed by atoms with E-state index in [1.807, 2.05) is 0 Å². The molecule has 0 spiro atoms. The van der Waals surface area contributed by atoms with Gasteiger partial charge in [-0.25, -0.2) is 4.18 Å². The van der Waals surface area contributed by atoms with Crippen LogP contribution < -0.4 is 5.32 Å². The number of carbonyl (C=O) groups is 2. The van der Waals surface area contributed by atoms with Crippen LogP contribution in [0.25, 0.3) is 0 Å². The molecule has 118 valence electrons. The van der Waals surface area contributed by atoms with Crippen LogP contribution in [0.5, 0.6) is 0 Å². The van der Waals surface area contributed by atoms with Crippen LogP contribution in [0.2, 0.25) is 0 Å². The van der Waals surface area contributed by atoms with Gasteiger partial charge < -0.3 is 20.4 Å².